The van der Waals surface area contributed by atoms with E-state index in [-0.39, 0.29) is 0 Å². The topological polar surface area (TPSA) is 71.1 Å². The third kappa shape index (κ3) is 3.85. The van der Waals surface area contributed by atoms with Gasteiger partial charge in [-0.2, -0.15) is 4.31 Å². The van der Waals surface area contributed by atoms with Gasteiger partial charge in [0.15, 0.2) is 16.6 Å². The van der Waals surface area contributed by atoms with Gasteiger partial charge in [0.1, 0.15) is 13.2 Å². The maximum Gasteiger partial charge on any atom is 0.211 e. The van der Waals surface area contributed by atoms with Crippen LogP contribution >= 0.6 is 12.2 Å². The van der Waals surface area contributed by atoms with Gasteiger partial charge in [-0.15, -0.1) is 0 Å². The molecule has 0 amide bonds. The number of ether oxygens (including phenoxy) is 2. The number of piperazine rings is 1. The van der Waals surface area contributed by atoms with Gasteiger partial charge >= 0.3 is 0 Å². The first-order chi connectivity index (χ1) is 10.9. The fourth-order valence-corrected chi connectivity index (χ4v) is 3.67. The van der Waals surface area contributed by atoms with Crippen LogP contribution in [0, 0.1) is 0 Å². The minimum Gasteiger partial charge on any atom is -0.486 e. The Hall–Kier alpha value is -1.58. The maximum atomic E-state index is 11.5. The van der Waals surface area contributed by atoms with Gasteiger partial charge in [-0.05, 0) is 24.4 Å². The van der Waals surface area contributed by atoms with Gasteiger partial charge in [0.05, 0.1) is 6.26 Å². The molecule has 1 saturated heterocycles. The van der Waals surface area contributed by atoms with Crippen molar-refractivity contribution in [3.63, 3.8) is 0 Å². The molecule has 0 spiro atoms. The molecule has 2 aliphatic heterocycles. The average molecular weight is 357 g/mol. The highest BCUT2D eigenvalue weighted by Gasteiger charge is 2.24. The van der Waals surface area contributed by atoms with Crippen LogP contribution in [-0.4, -0.2) is 68.4 Å². The molecular weight excluding hydrogens is 338 g/mol. The summed E-state index contributed by atoms with van der Waals surface area (Å²) in [4.78, 5) is 1.97. The lowest BCUT2D eigenvalue weighted by Gasteiger charge is -2.34. The van der Waals surface area contributed by atoms with Crippen LogP contribution < -0.4 is 14.8 Å². The minimum absolute atomic E-state index is 0.446. The number of thiocarbonyl (C=S) groups is 1. The van der Waals surface area contributed by atoms with E-state index in [0.717, 1.165) is 11.4 Å². The van der Waals surface area contributed by atoms with Crippen molar-refractivity contribution < 1.29 is 17.9 Å². The SMILES string of the molecule is CS(=O)(=O)N1CCN(C(=S)Nc2ccc3c(c2)OCCO3)CC1. The van der Waals surface area contributed by atoms with E-state index < -0.39 is 10.0 Å². The van der Waals surface area contributed by atoms with Gasteiger partial charge in [0.2, 0.25) is 10.0 Å². The van der Waals surface area contributed by atoms with Crippen molar-refractivity contribution in [2.75, 3.05) is 51.0 Å². The van der Waals surface area contributed by atoms with E-state index in [1.165, 1.54) is 10.6 Å². The Balaban J connectivity index is 1.60. The number of sulfonamides is 1. The Morgan fingerprint density at radius 2 is 1.78 bits per heavy atom. The second-order valence-corrected chi connectivity index (χ2v) is 7.81. The van der Waals surface area contributed by atoms with Crippen molar-refractivity contribution in [2.45, 2.75) is 0 Å². The third-order valence-corrected chi connectivity index (χ3v) is 5.45. The zero-order chi connectivity index (χ0) is 16.4. The fourth-order valence-electron chi connectivity index (χ4n) is 2.55. The predicted octanol–water partition coefficient (Wildman–Crippen LogP) is 0.732. The summed E-state index contributed by atoms with van der Waals surface area (Å²) >= 11 is 5.42. The minimum atomic E-state index is -3.13. The summed E-state index contributed by atoms with van der Waals surface area (Å²) in [5, 5.41) is 3.75. The maximum absolute atomic E-state index is 11.5. The van der Waals surface area contributed by atoms with E-state index in [2.05, 4.69) is 5.32 Å². The van der Waals surface area contributed by atoms with E-state index in [0.29, 0.717) is 50.3 Å². The highest BCUT2D eigenvalue weighted by Crippen LogP contribution is 2.32. The molecule has 9 heteroatoms. The van der Waals surface area contributed by atoms with E-state index in [1.807, 2.05) is 23.1 Å². The molecule has 1 N–H and O–H groups in total. The third-order valence-electron chi connectivity index (χ3n) is 3.79. The summed E-state index contributed by atoms with van der Waals surface area (Å²) in [5.74, 6) is 1.43. The van der Waals surface area contributed by atoms with Crippen LogP contribution in [0.15, 0.2) is 18.2 Å². The molecule has 3 rings (SSSR count). The van der Waals surface area contributed by atoms with Gasteiger partial charge < -0.3 is 19.7 Å². The second kappa shape index (κ2) is 6.50. The molecule has 1 aromatic rings. The molecule has 0 atom stereocenters. The second-order valence-electron chi connectivity index (χ2n) is 5.44. The van der Waals surface area contributed by atoms with Crippen LogP contribution in [0.4, 0.5) is 5.69 Å². The van der Waals surface area contributed by atoms with E-state index in [9.17, 15) is 8.42 Å². The van der Waals surface area contributed by atoms with Gasteiger partial charge in [0.25, 0.3) is 0 Å². The molecule has 23 heavy (non-hydrogen) atoms. The number of fused-ring (bicyclic) bond motifs is 1. The summed E-state index contributed by atoms with van der Waals surface area (Å²) in [7, 11) is -3.13. The number of hydrogen-bond acceptors (Lipinski definition) is 5. The van der Waals surface area contributed by atoms with Gasteiger partial charge in [-0.1, -0.05) is 0 Å². The van der Waals surface area contributed by atoms with Crippen molar-refractivity contribution in [3.8, 4) is 11.5 Å². The van der Waals surface area contributed by atoms with E-state index in [1.54, 1.807) is 0 Å². The lowest BCUT2D eigenvalue weighted by molar-refractivity contribution is 0.171. The number of anilines is 1. The zero-order valence-electron chi connectivity index (χ0n) is 12.8. The van der Waals surface area contributed by atoms with Crippen LogP contribution in [-0.2, 0) is 10.0 Å². The van der Waals surface area contributed by atoms with Gasteiger partial charge in [0, 0.05) is 37.9 Å². The normalized spacial score (nSPS) is 18.6. The molecule has 0 aromatic heterocycles. The standard InChI is InChI=1S/C14H19N3O4S2/c1-23(18,19)17-6-4-16(5-7-17)14(22)15-11-2-3-12-13(10-11)21-9-8-20-12/h2-3,10H,4-9H2,1H3,(H,15,22). The summed E-state index contributed by atoms with van der Waals surface area (Å²) in [6, 6.07) is 5.58. The molecule has 0 radical (unpaired) electrons. The molecule has 0 bridgehead atoms. The molecule has 0 aliphatic carbocycles. The van der Waals surface area contributed by atoms with Crippen LogP contribution in [0.5, 0.6) is 11.5 Å². The molecule has 1 aromatic carbocycles. The zero-order valence-corrected chi connectivity index (χ0v) is 14.5. The Bertz CT molecular complexity index is 700. The molecule has 0 unspecified atom stereocenters. The largest absolute Gasteiger partial charge is 0.486 e. The molecular formula is C14H19N3O4S2. The molecule has 2 aliphatic rings. The Kier molecular flexibility index (Phi) is 4.60. The van der Waals surface area contributed by atoms with Crippen molar-refractivity contribution in [2.24, 2.45) is 0 Å². The first kappa shape index (κ1) is 16.3. The van der Waals surface area contributed by atoms with Crippen molar-refractivity contribution >= 4 is 33.0 Å². The molecule has 1 fully saturated rings. The van der Waals surface area contributed by atoms with Gasteiger partial charge in [-0.25, -0.2) is 8.42 Å². The average Bonchev–Trinajstić information content (AvgIpc) is 2.54. The highest BCUT2D eigenvalue weighted by molar-refractivity contribution is 7.88. The molecule has 2 heterocycles. The quantitative estimate of drug-likeness (QED) is 0.783. The fraction of sp³-hybridized carbons (Fsp3) is 0.500. The number of rotatable bonds is 2. The molecule has 126 valence electrons. The van der Waals surface area contributed by atoms with Crippen LogP contribution in [0.2, 0.25) is 0 Å². The summed E-state index contributed by atoms with van der Waals surface area (Å²) < 4.78 is 35.5. The van der Waals surface area contributed by atoms with E-state index >= 15 is 0 Å². The molecule has 0 saturated carbocycles. The van der Waals surface area contributed by atoms with Crippen molar-refractivity contribution in [1.29, 1.82) is 0 Å². The van der Waals surface area contributed by atoms with Gasteiger partial charge in [-0.3, -0.25) is 0 Å². The lowest BCUT2D eigenvalue weighted by atomic mass is 10.2. The summed E-state index contributed by atoms with van der Waals surface area (Å²) in [5.41, 5.74) is 0.824. The monoisotopic (exact) mass is 357 g/mol. The number of benzene rings is 1. The number of nitrogens with zero attached hydrogens (tertiary/aromatic N) is 2. The predicted molar refractivity (Wildman–Crippen MR) is 91.6 cm³/mol. The first-order valence-electron chi connectivity index (χ1n) is 7.34. The Morgan fingerprint density at radius 1 is 1.13 bits per heavy atom. The Labute approximate surface area is 141 Å². The first-order valence-corrected chi connectivity index (χ1v) is 9.60. The summed E-state index contributed by atoms with van der Waals surface area (Å²) in [6.07, 6.45) is 1.23. The van der Waals surface area contributed by atoms with Crippen molar-refractivity contribution in [1.82, 2.24) is 9.21 Å². The van der Waals surface area contributed by atoms with Crippen LogP contribution in [0.3, 0.4) is 0 Å². The van der Waals surface area contributed by atoms with E-state index in [4.69, 9.17) is 21.7 Å². The molecule has 7 nitrogen and oxygen atoms in total. The smallest absolute Gasteiger partial charge is 0.211 e. The number of hydrogen-bond donors (Lipinski definition) is 1. The number of nitrogens with one attached hydrogen (secondary N) is 1. The van der Waals surface area contributed by atoms with Crippen LogP contribution in [0.25, 0.3) is 0 Å². The van der Waals surface area contributed by atoms with Crippen LogP contribution in [0.1, 0.15) is 0 Å². The summed E-state index contributed by atoms with van der Waals surface area (Å²) in [6.45, 7) is 3.13. The lowest BCUT2D eigenvalue weighted by Crippen LogP contribution is -2.51. The van der Waals surface area contributed by atoms with Crippen molar-refractivity contribution in [3.05, 3.63) is 18.2 Å². The highest BCUT2D eigenvalue weighted by atomic mass is 32.2. The Morgan fingerprint density at radius 3 is 2.43 bits per heavy atom.